The Morgan fingerprint density at radius 1 is 1.25 bits per heavy atom. The second kappa shape index (κ2) is 9.60. The third kappa shape index (κ3) is 5.30. The molecule has 1 rings (SSSR count). The molecule has 1 N–H and O–H groups in total. The molecule has 0 radical (unpaired) electrons. The minimum atomic E-state index is 0.708. The van der Waals surface area contributed by atoms with Crippen LogP contribution in [0.4, 0.5) is 5.69 Å². The minimum Gasteiger partial charge on any atom is -0.493 e. The maximum Gasteiger partial charge on any atom is 0.164 e. The van der Waals surface area contributed by atoms with Gasteiger partial charge in [-0.05, 0) is 50.0 Å². The van der Waals surface area contributed by atoms with Gasteiger partial charge in [-0.2, -0.15) is 0 Å². The fourth-order valence-electron chi connectivity index (χ4n) is 2.26. The van der Waals surface area contributed by atoms with Gasteiger partial charge in [-0.25, -0.2) is 4.99 Å². The van der Waals surface area contributed by atoms with Crippen molar-refractivity contribution in [3.8, 4) is 11.5 Å². The molecule has 0 aromatic heterocycles. The fourth-order valence-corrected chi connectivity index (χ4v) is 2.26. The molecule has 130 valence electrons. The van der Waals surface area contributed by atoms with Crippen LogP contribution in [0.1, 0.15) is 33.3 Å². The Kier molecular flexibility index (Phi) is 7.83. The predicted molar refractivity (Wildman–Crippen MR) is 103 cm³/mol. The summed E-state index contributed by atoms with van der Waals surface area (Å²) in [6.07, 6.45) is 6.63. The second-order valence-electron chi connectivity index (χ2n) is 5.43. The van der Waals surface area contributed by atoms with E-state index in [-0.39, 0.29) is 0 Å². The van der Waals surface area contributed by atoms with Gasteiger partial charge in [0.15, 0.2) is 11.5 Å². The number of aryl methyl sites for hydroxylation is 1. The summed E-state index contributed by atoms with van der Waals surface area (Å²) in [5, 5.41) is 3.30. The van der Waals surface area contributed by atoms with Gasteiger partial charge >= 0.3 is 0 Å². The molecule has 0 fully saturated rings. The van der Waals surface area contributed by atoms with E-state index >= 15 is 0 Å². The average Bonchev–Trinajstić information content (AvgIpc) is 2.57. The van der Waals surface area contributed by atoms with Crippen molar-refractivity contribution in [1.82, 2.24) is 0 Å². The van der Waals surface area contributed by atoms with Crippen LogP contribution in [0.15, 0.2) is 53.2 Å². The second-order valence-corrected chi connectivity index (χ2v) is 5.43. The molecule has 0 aliphatic heterocycles. The molecular formula is C20H28N2O2. The number of nitrogens with one attached hydrogen (secondary N) is 1. The van der Waals surface area contributed by atoms with Gasteiger partial charge in [0, 0.05) is 18.0 Å². The van der Waals surface area contributed by atoms with E-state index < -0.39 is 0 Å². The number of benzene rings is 1. The van der Waals surface area contributed by atoms with Crippen molar-refractivity contribution < 1.29 is 9.47 Å². The topological polar surface area (TPSA) is 42.9 Å². The molecule has 4 heteroatoms. The Morgan fingerprint density at radius 2 is 1.96 bits per heavy atom. The molecule has 0 aliphatic carbocycles. The van der Waals surface area contributed by atoms with Crippen molar-refractivity contribution in [2.24, 2.45) is 4.99 Å². The van der Waals surface area contributed by atoms with Crippen molar-refractivity contribution >= 4 is 11.5 Å². The largest absolute Gasteiger partial charge is 0.493 e. The van der Waals surface area contributed by atoms with Gasteiger partial charge < -0.3 is 14.8 Å². The van der Waals surface area contributed by atoms with Gasteiger partial charge in [0.2, 0.25) is 0 Å². The SMILES string of the molecule is C=C(C)C(/C=C\C)=C\N=C(C)Nc1cc(CC)c(OC)c(OC)c1. The summed E-state index contributed by atoms with van der Waals surface area (Å²) in [4.78, 5) is 4.47. The first-order valence-corrected chi connectivity index (χ1v) is 8.01. The van der Waals surface area contributed by atoms with Crippen molar-refractivity contribution in [2.75, 3.05) is 19.5 Å². The van der Waals surface area contributed by atoms with Crippen LogP contribution in [0, 0.1) is 0 Å². The molecular weight excluding hydrogens is 300 g/mol. The van der Waals surface area contributed by atoms with Crippen LogP contribution in [0.5, 0.6) is 11.5 Å². The Bertz CT molecular complexity index is 645. The lowest BCUT2D eigenvalue weighted by Crippen LogP contribution is -2.08. The predicted octanol–water partition coefficient (Wildman–Crippen LogP) is 5.13. The van der Waals surface area contributed by atoms with Gasteiger partial charge in [0.05, 0.1) is 14.2 Å². The zero-order valence-electron chi connectivity index (χ0n) is 15.6. The lowest BCUT2D eigenvalue weighted by molar-refractivity contribution is 0.352. The van der Waals surface area contributed by atoms with E-state index in [9.17, 15) is 0 Å². The van der Waals surface area contributed by atoms with Crippen molar-refractivity contribution in [3.05, 3.63) is 53.8 Å². The number of aliphatic imine (C=N–C) groups is 1. The van der Waals surface area contributed by atoms with Gasteiger partial charge in [-0.1, -0.05) is 25.7 Å². The molecule has 1 aromatic rings. The zero-order chi connectivity index (χ0) is 18.1. The molecule has 0 atom stereocenters. The maximum atomic E-state index is 5.44. The van der Waals surface area contributed by atoms with Crippen molar-refractivity contribution in [1.29, 1.82) is 0 Å². The number of ether oxygens (including phenoxy) is 2. The fraction of sp³-hybridized carbons (Fsp3) is 0.350. The third-order valence-corrected chi connectivity index (χ3v) is 3.50. The first kappa shape index (κ1) is 19.6. The number of amidine groups is 1. The number of allylic oxidation sites excluding steroid dienone is 4. The van der Waals surface area contributed by atoms with Crippen LogP contribution >= 0.6 is 0 Å². The van der Waals surface area contributed by atoms with Crippen molar-refractivity contribution in [2.45, 2.75) is 34.1 Å². The Morgan fingerprint density at radius 3 is 2.46 bits per heavy atom. The van der Waals surface area contributed by atoms with Gasteiger partial charge in [-0.3, -0.25) is 0 Å². The Balaban J connectivity index is 3.09. The molecule has 0 unspecified atom stereocenters. The summed E-state index contributed by atoms with van der Waals surface area (Å²) in [7, 11) is 3.29. The summed E-state index contributed by atoms with van der Waals surface area (Å²) < 4.78 is 10.9. The van der Waals surface area contributed by atoms with E-state index in [1.807, 2.05) is 45.2 Å². The highest BCUT2D eigenvalue weighted by Gasteiger charge is 2.11. The van der Waals surface area contributed by atoms with E-state index in [0.717, 1.165) is 40.4 Å². The summed E-state index contributed by atoms with van der Waals surface area (Å²) >= 11 is 0. The monoisotopic (exact) mass is 328 g/mol. The molecule has 0 aliphatic rings. The minimum absolute atomic E-state index is 0.708. The number of nitrogens with zero attached hydrogens (tertiary/aromatic N) is 1. The van der Waals surface area contributed by atoms with Crippen molar-refractivity contribution in [3.63, 3.8) is 0 Å². The smallest absolute Gasteiger partial charge is 0.164 e. The van der Waals surface area contributed by atoms with Crippen LogP contribution in [-0.4, -0.2) is 20.1 Å². The molecule has 0 amide bonds. The maximum absolute atomic E-state index is 5.44. The summed E-state index contributed by atoms with van der Waals surface area (Å²) in [6, 6.07) is 3.96. The van der Waals surface area contributed by atoms with E-state index in [1.54, 1.807) is 14.2 Å². The molecule has 0 saturated carbocycles. The van der Waals surface area contributed by atoms with Crippen LogP contribution in [0.25, 0.3) is 0 Å². The lowest BCUT2D eigenvalue weighted by atomic mass is 10.1. The standard InChI is InChI=1S/C20H28N2O2/c1-8-10-17(14(3)4)13-21-15(5)22-18-11-16(9-2)20(24-7)19(12-18)23-6/h8,10-13H,3,9H2,1-2,4-7H3,(H,21,22)/b10-8-,17-13-. The lowest BCUT2D eigenvalue weighted by Gasteiger charge is -2.15. The van der Waals surface area contributed by atoms with E-state index in [4.69, 9.17) is 9.47 Å². The molecule has 0 spiro atoms. The first-order valence-electron chi connectivity index (χ1n) is 8.01. The number of rotatable bonds is 7. The van der Waals surface area contributed by atoms with E-state index in [2.05, 4.69) is 29.9 Å². The molecule has 24 heavy (non-hydrogen) atoms. The summed E-state index contributed by atoms with van der Waals surface area (Å²) in [6.45, 7) is 11.9. The molecule has 0 heterocycles. The molecule has 0 bridgehead atoms. The van der Waals surface area contributed by atoms with Crippen LogP contribution in [-0.2, 0) is 6.42 Å². The third-order valence-electron chi connectivity index (χ3n) is 3.50. The van der Waals surface area contributed by atoms with Crippen LogP contribution < -0.4 is 14.8 Å². The van der Waals surface area contributed by atoms with Gasteiger partial charge in [-0.15, -0.1) is 0 Å². The summed E-state index contributed by atoms with van der Waals surface area (Å²) in [5.74, 6) is 2.27. The molecule has 0 saturated heterocycles. The highest BCUT2D eigenvalue weighted by Crippen LogP contribution is 2.34. The zero-order valence-corrected chi connectivity index (χ0v) is 15.6. The van der Waals surface area contributed by atoms with Crippen LogP contribution in [0.3, 0.4) is 0 Å². The number of hydrogen-bond donors (Lipinski definition) is 1. The quantitative estimate of drug-likeness (QED) is 0.428. The Hall–Kier alpha value is -2.49. The van der Waals surface area contributed by atoms with Gasteiger partial charge in [0.25, 0.3) is 0 Å². The number of methoxy groups -OCH3 is 2. The average molecular weight is 328 g/mol. The van der Waals surface area contributed by atoms with Crippen LogP contribution in [0.2, 0.25) is 0 Å². The summed E-state index contributed by atoms with van der Waals surface area (Å²) in [5.41, 5.74) is 3.98. The number of hydrogen-bond acceptors (Lipinski definition) is 3. The van der Waals surface area contributed by atoms with E-state index in [0.29, 0.717) is 5.75 Å². The highest BCUT2D eigenvalue weighted by atomic mass is 16.5. The normalized spacial score (nSPS) is 12.4. The molecule has 4 nitrogen and oxygen atoms in total. The Labute approximate surface area is 145 Å². The molecule has 1 aromatic carbocycles. The highest BCUT2D eigenvalue weighted by molar-refractivity contribution is 5.94. The van der Waals surface area contributed by atoms with Gasteiger partial charge in [0.1, 0.15) is 5.84 Å². The van der Waals surface area contributed by atoms with E-state index in [1.165, 1.54) is 0 Å². The number of anilines is 1. The first-order chi connectivity index (χ1) is 11.5.